The number of ketones is 1. The highest BCUT2D eigenvalue weighted by Crippen LogP contribution is 2.29. The third-order valence-electron chi connectivity index (χ3n) is 4.26. The number of methoxy groups -OCH3 is 1. The number of hydrogen-bond donors (Lipinski definition) is 1. The number of nitrogens with one attached hydrogen (secondary N) is 1. The fraction of sp³-hybridized carbons (Fsp3) is 0.304. The first-order chi connectivity index (χ1) is 13.8. The average molecular weight is 413 g/mol. The zero-order valence-electron chi connectivity index (χ0n) is 17.6. The number of amides is 1. The van der Waals surface area contributed by atoms with E-state index in [-0.39, 0.29) is 17.7 Å². The van der Waals surface area contributed by atoms with Crippen LogP contribution in [0, 0.1) is 6.92 Å². The standard InChI is InChI=1S/C23H28N2O3S/c1-16-11-12-19(18-9-7-6-8-10-18)22(20(26)13-14-29-25(3)4)21(16)23(27)24-17(2)15-28-5/h6-14,17H,15H2,1-5H3,(H,24,27)/b14-13-. The van der Waals surface area contributed by atoms with Gasteiger partial charge >= 0.3 is 0 Å². The lowest BCUT2D eigenvalue weighted by atomic mass is 9.89. The molecule has 2 rings (SSSR count). The minimum absolute atomic E-state index is 0.171. The topological polar surface area (TPSA) is 58.6 Å². The van der Waals surface area contributed by atoms with Gasteiger partial charge in [0, 0.05) is 18.7 Å². The SMILES string of the molecule is COCC(C)NC(=O)c1c(C)ccc(-c2ccccc2)c1C(=O)/C=C\SN(C)C. The monoisotopic (exact) mass is 412 g/mol. The van der Waals surface area contributed by atoms with E-state index in [0.29, 0.717) is 17.7 Å². The molecule has 0 bridgehead atoms. The summed E-state index contributed by atoms with van der Waals surface area (Å²) in [5.41, 5.74) is 3.20. The van der Waals surface area contributed by atoms with E-state index in [1.165, 1.54) is 18.0 Å². The van der Waals surface area contributed by atoms with E-state index in [9.17, 15) is 9.59 Å². The van der Waals surface area contributed by atoms with Crippen LogP contribution in [0.15, 0.2) is 53.9 Å². The summed E-state index contributed by atoms with van der Waals surface area (Å²) in [5, 5.41) is 4.66. The van der Waals surface area contributed by atoms with Crippen LogP contribution in [0.3, 0.4) is 0 Å². The van der Waals surface area contributed by atoms with E-state index in [2.05, 4.69) is 5.32 Å². The normalized spacial score (nSPS) is 12.3. The van der Waals surface area contributed by atoms with Gasteiger partial charge in [0.15, 0.2) is 5.78 Å². The molecule has 0 aliphatic rings. The molecule has 29 heavy (non-hydrogen) atoms. The van der Waals surface area contributed by atoms with Crippen LogP contribution in [-0.2, 0) is 4.74 Å². The van der Waals surface area contributed by atoms with Gasteiger partial charge in [0.2, 0.25) is 0 Å². The molecule has 2 aromatic carbocycles. The summed E-state index contributed by atoms with van der Waals surface area (Å²) in [5.74, 6) is -0.478. The van der Waals surface area contributed by atoms with Crippen LogP contribution in [0.2, 0.25) is 0 Å². The number of benzene rings is 2. The minimum atomic E-state index is -0.276. The molecule has 0 aliphatic carbocycles. The number of ether oxygens (including phenoxy) is 1. The maximum atomic E-state index is 13.2. The van der Waals surface area contributed by atoms with E-state index in [1.54, 1.807) is 12.5 Å². The fourth-order valence-corrected chi connectivity index (χ4v) is 3.43. The molecule has 6 heteroatoms. The highest BCUT2D eigenvalue weighted by atomic mass is 32.2. The van der Waals surface area contributed by atoms with Gasteiger partial charge in [-0.05, 0) is 56.1 Å². The van der Waals surface area contributed by atoms with Gasteiger partial charge in [-0.1, -0.05) is 54.4 Å². The van der Waals surface area contributed by atoms with Crippen molar-refractivity contribution in [1.82, 2.24) is 9.62 Å². The van der Waals surface area contributed by atoms with Crippen molar-refractivity contribution in [3.8, 4) is 11.1 Å². The Kier molecular flexibility index (Phi) is 8.64. The summed E-state index contributed by atoms with van der Waals surface area (Å²) >= 11 is 1.41. The third-order valence-corrected chi connectivity index (χ3v) is 4.94. The van der Waals surface area contributed by atoms with Crippen molar-refractivity contribution in [1.29, 1.82) is 0 Å². The van der Waals surface area contributed by atoms with E-state index >= 15 is 0 Å². The Hall–Kier alpha value is -2.41. The van der Waals surface area contributed by atoms with Crippen molar-refractivity contribution in [3.63, 3.8) is 0 Å². The van der Waals surface area contributed by atoms with E-state index in [1.807, 2.05) is 74.7 Å². The van der Waals surface area contributed by atoms with E-state index < -0.39 is 0 Å². The lowest BCUT2D eigenvalue weighted by Gasteiger charge is -2.18. The maximum absolute atomic E-state index is 13.2. The van der Waals surface area contributed by atoms with Crippen molar-refractivity contribution in [3.05, 3.63) is 70.6 Å². The Morgan fingerprint density at radius 1 is 1.14 bits per heavy atom. The zero-order valence-corrected chi connectivity index (χ0v) is 18.4. The first-order valence-corrected chi connectivity index (χ1v) is 10.2. The van der Waals surface area contributed by atoms with Crippen molar-refractivity contribution >= 4 is 23.6 Å². The predicted molar refractivity (Wildman–Crippen MR) is 120 cm³/mol. The first kappa shape index (κ1) is 22.9. The minimum Gasteiger partial charge on any atom is -0.383 e. The van der Waals surface area contributed by atoms with Gasteiger partial charge in [-0.25, -0.2) is 0 Å². The molecular formula is C23H28N2O3S. The largest absolute Gasteiger partial charge is 0.383 e. The molecule has 1 unspecified atom stereocenters. The Morgan fingerprint density at radius 3 is 2.45 bits per heavy atom. The van der Waals surface area contributed by atoms with Crippen LogP contribution in [0.4, 0.5) is 0 Å². The molecule has 0 saturated heterocycles. The summed E-state index contributed by atoms with van der Waals surface area (Å²) < 4.78 is 7.00. The summed E-state index contributed by atoms with van der Waals surface area (Å²) in [6, 6.07) is 13.3. The van der Waals surface area contributed by atoms with E-state index in [0.717, 1.165) is 16.7 Å². The molecule has 1 N–H and O–H groups in total. The first-order valence-electron chi connectivity index (χ1n) is 9.39. The lowest BCUT2D eigenvalue weighted by molar-refractivity contribution is 0.0897. The second-order valence-corrected chi connectivity index (χ2v) is 8.17. The van der Waals surface area contributed by atoms with Crippen molar-refractivity contribution in [2.24, 2.45) is 0 Å². The van der Waals surface area contributed by atoms with Gasteiger partial charge in [0.25, 0.3) is 5.91 Å². The highest BCUT2D eigenvalue weighted by molar-refractivity contribution is 7.99. The molecule has 2 aromatic rings. The Balaban J connectivity index is 2.57. The van der Waals surface area contributed by atoms with Gasteiger partial charge in [0.05, 0.1) is 12.2 Å². The van der Waals surface area contributed by atoms with Crippen LogP contribution in [0.1, 0.15) is 33.2 Å². The van der Waals surface area contributed by atoms with Crippen molar-refractivity contribution in [2.45, 2.75) is 19.9 Å². The molecule has 1 amide bonds. The molecule has 0 aromatic heterocycles. The molecule has 0 fully saturated rings. The Morgan fingerprint density at radius 2 is 1.83 bits per heavy atom. The van der Waals surface area contributed by atoms with Gasteiger partial charge in [-0.2, -0.15) is 0 Å². The third kappa shape index (κ3) is 6.29. The molecule has 0 radical (unpaired) electrons. The van der Waals surface area contributed by atoms with Gasteiger partial charge in [0.1, 0.15) is 0 Å². The smallest absolute Gasteiger partial charge is 0.252 e. The zero-order chi connectivity index (χ0) is 21.4. The molecule has 1 atom stereocenters. The molecule has 0 spiro atoms. The van der Waals surface area contributed by atoms with Gasteiger partial charge < -0.3 is 10.1 Å². The maximum Gasteiger partial charge on any atom is 0.252 e. The van der Waals surface area contributed by atoms with Crippen LogP contribution < -0.4 is 5.32 Å². The number of hydrogen-bond acceptors (Lipinski definition) is 5. The second kappa shape index (κ2) is 11.0. The number of aryl methyl sites for hydroxylation is 1. The van der Waals surface area contributed by atoms with Crippen LogP contribution in [0.25, 0.3) is 11.1 Å². The van der Waals surface area contributed by atoms with Crippen LogP contribution in [0.5, 0.6) is 0 Å². The summed E-state index contributed by atoms with van der Waals surface area (Å²) in [6.07, 6.45) is 1.52. The van der Waals surface area contributed by atoms with Crippen LogP contribution >= 0.6 is 11.9 Å². The van der Waals surface area contributed by atoms with E-state index in [4.69, 9.17) is 4.74 Å². The number of nitrogens with zero attached hydrogens (tertiary/aromatic N) is 1. The lowest BCUT2D eigenvalue weighted by Crippen LogP contribution is -2.36. The average Bonchev–Trinajstić information content (AvgIpc) is 2.68. The quantitative estimate of drug-likeness (QED) is 0.377. The molecule has 0 saturated carbocycles. The molecular weight excluding hydrogens is 384 g/mol. The number of carbonyl (C=O) groups excluding carboxylic acids is 2. The van der Waals surface area contributed by atoms with Crippen LogP contribution in [-0.4, -0.2) is 49.8 Å². The summed E-state index contributed by atoms with van der Waals surface area (Å²) in [7, 11) is 5.39. The fourth-order valence-electron chi connectivity index (χ4n) is 3.00. The number of rotatable bonds is 9. The molecule has 0 aliphatic heterocycles. The number of carbonyl (C=O) groups is 2. The molecule has 5 nitrogen and oxygen atoms in total. The van der Waals surface area contributed by atoms with Gasteiger partial charge in [-0.15, -0.1) is 0 Å². The summed E-state index contributed by atoms with van der Waals surface area (Å²) in [6.45, 7) is 4.11. The van der Waals surface area contributed by atoms with Gasteiger partial charge in [-0.3, -0.25) is 13.9 Å². The predicted octanol–water partition coefficient (Wildman–Crippen LogP) is 4.33. The summed E-state index contributed by atoms with van der Waals surface area (Å²) in [4.78, 5) is 26.3. The Labute approximate surface area is 177 Å². The molecule has 154 valence electrons. The van der Waals surface area contributed by atoms with Crippen molar-refractivity contribution < 1.29 is 14.3 Å². The Bertz CT molecular complexity index is 879. The van der Waals surface area contributed by atoms with Crippen molar-refractivity contribution in [2.75, 3.05) is 27.8 Å². The second-order valence-electron chi connectivity index (χ2n) is 6.96. The highest BCUT2D eigenvalue weighted by Gasteiger charge is 2.23. The number of allylic oxidation sites excluding steroid dienone is 1. The molecule has 0 heterocycles.